The molecular formula is C17H24N6. The Hall–Kier alpha value is -1.69. The van der Waals surface area contributed by atoms with E-state index < -0.39 is 0 Å². The number of fused-ring (bicyclic) bond motifs is 3. The fourth-order valence-electron chi connectivity index (χ4n) is 5.08. The molecule has 23 heavy (non-hydrogen) atoms. The number of anilines is 1. The van der Waals surface area contributed by atoms with Crippen molar-refractivity contribution in [2.24, 2.45) is 11.8 Å². The normalized spacial score (nSPS) is 31.3. The van der Waals surface area contributed by atoms with Crippen LogP contribution in [0.25, 0.3) is 5.78 Å². The number of aryl methyl sites for hydroxylation is 1. The first-order valence-corrected chi connectivity index (χ1v) is 8.94. The topological polar surface area (TPSA) is 49.6 Å². The summed E-state index contributed by atoms with van der Waals surface area (Å²) in [4.78, 5) is 13.9. The Bertz CT molecular complexity index is 717. The minimum Gasteiger partial charge on any atom is -0.354 e. The van der Waals surface area contributed by atoms with Crippen molar-refractivity contribution in [3.05, 3.63) is 18.1 Å². The standard InChI is InChI=1S/C17H24N6/c1-12-8-16(23-17(20-12)18-11-19-23)22-6-4-21(5-7-22)15-10-13-2-3-14(15)9-13/h8,11,13-15H,2-7,9-10H2,1H3/t13-,14-,15+/m0/s1. The highest BCUT2D eigenvalue weighted by atomic mass is 15.4. The van der Waals surface area contributed by atoms with Crippen LogP contribution < -0.4 is 4.90 Å². The molecule has 3 aliphatic rings. The number of hydrogen-bond acceptors (Lipinski definition) is 5. The van der Waals surface area contributed by atoms with Gasteiger partial charge in [0.2, 0.25) is 0 Å². The van der Waals surface area contributed by atoms with Crippen molar-refractivity contribution in [3.8, 4) is 0 Å². The second-order valence-electron chi connectivity index (χ2n) is 7.49. The lowest BCUT2D eigenvalue weighted by Crippen LogP contribution is -2.52. The lowest BCUT2D eigenvalue weighted by Gasteiger charge is -2.41. The van der Waals surface area contributed by atoms with E-state index in [0.717, 1.165) is 42.5 Å². The molecule has 2 aromatic rings. The first-order chi connectivity index (χ1) is 11.3. The van der Waals surface area contributed by atoms with Crippen molar-refractivity contribution in [2.75, 3.05) is 31.1 Å². The molecule has 3 fully saturated rings. The van der Waals surface area contributed by atoms with Gasteiger partial charge in [-0.2, -0.15) is 14.6 Å². The predicted octanol–water partition coefficient (Wildman–Crippen LogP) is 1.74. The smallest absolute Gasteiger partial charge is 0.254 e. The van der Waals surface area contributed by atoms with Gasteiger partial charge in [0.15, 0.2) is 0 Å². The molecule has 0 amide bonds. The molecule has 2 aliphatic carbocycles. The van der Waals surface area contributed by atoms with E-state index in [2.05, 4.69) is 30.9 Å². The van der Waals surface area contributed by atoms with E-state index in [9.17, 15) is 0 Å². The molecule has 0 spiro atoms. The number of piperazine rings is 1. The Morgan fingerprint density at radius 3 is 2.70 bits per heavy atom. The quantitative estimate of drug-likeness (QED) is 0.845. The van der Waals surface area contributed by atoms with Crippen molar-refractivity contribution in [1.82, 2.24) is 24.5 Å². The van der Waals surface area contributed by atoms with Gasteiger partial charge in [0, 0.05) is 44.0 Å². The van der Waals surface area contributed by atoms with Crippen LogP contribution in [-0.2, 0) is 0 Å². The first kappa shape index (κ1) is 13.7. The Morgan fingerprint density at radius 2 is 1.96 bits per heavy atom. The summed E-state index contributed by atoms with van der Waals surface area (Å²) >= 11 is 0. The van der Waals surface area contributed by atoms with E-state index in [1.165, 1.54) is 38.8 Å². The minimum absolute atomic E-state index is 0.704. The Kier molecular flexibility index (Phi) is 3.08. The summed E-state index contributed by atoms with van der Waals surface area (Å²) in [6.07, 6.45) is 7.50. The second-order valence-corrected chi connectivity index (χ2v) is 7.49. The highest BCUT2D eigenvalue weighted by Crippen LogP contribution is 2.46. The highest BCUT2D eigenvalue weighted by molar-refractivity contribution is 5.47. The lowest BCUT2D eigenvalue weighted by molar-refractivity contribution is 0.134. The summed E-state index contributed by atoms with van der Waals surface area (Å²) in [6, 6.07) is 3.00. The summed E-state index contributed by atoms with van der Waals surface area (Å²) in [5.74, 6) is 3.85. The molecule has 5 rings (SSSR count). The maximum atomic E-state index is 4.45. The summed E-state index contributed by atoms with van der Waals surface area (Å²) in [5, 5.41) is 4.35. The van der Waals surface area contributed by atoms with Crippen LogP contribution in [0.5, 0.6) is 0 Å². The van der Waals surface area contributed by atoms with Gasteiger partial charge in [-0.05, 0) is 38.0 Å². The van der Waals surface area contributed by atoms with E-state index in [1.807, 2.05) is 11.4 Å². The summed E-state index contributed by atoms with van der Waals surface area (Å²) in [7, 11) is 0. The van der Waals surface area contributed by atoms with Crippen LogP contribution >= 0.6 is 0 Å². The van der Waals surface area contributed by atoms with E-state index in [-0.39, 0.29) is 0 Å². The van der Waals surface area contributed by atoms with Crippen molar-refractivity contribution in [2.45, 2.75) is 38.6 Å². The fourth-order valence-corrected chi connectivity index (χ4v) is 5.08. The van der Waals surface area contributed by atoms with Gasteiger partial charge >= 0.3 is 0 Å². The van der Waals surface area contributed by atoms with Gasteiger partial charge in [0.1, 0.15) is 12.1 Å². The lowest BCUT2D eigenvalue weighted by atomic mass is 9.93. The van der Waals surface area contributed by atoms with Gasteiger partial charge in [-0.25, -0.2) is 4.98 Å². The molecule has 1 saturated heterocycles. The summed E-state index contributed by atoms with van der Waals surface area (Å²) < 4.78 is 1.88. The average Bonchev–Trinajstić information content (AvgIpc) is 3.30. The van der Waals surface area contributed by atoms with Crippen LogP contribution in [0, 0.1) is 18.8 Å². The number of rotatable bonds is 2. The summed E-state index contributed by atoms with van der Waals surface area (Å²) in [5.41, 5.74) is 1.01. The average molecular weight is 312 g/mol. The molecular weight excluding hydrogens is 288 g/mol. The Morgan fingerprint density at radius 1 is 1.09 bits per heavy atom. The van der Waals surface area contributed by atoms with Crippen LogP contribution in [0.15, 0.2) is 12.4 Å². The van der Waals surface area contributed by atoms with Gasteiger partial charge in [-0.15, -0.1) is 0 Å². The van der Waals surface area contributed by atoms with Crippen LogP contribution in [0.2, 0.25) is 0 Å². The van der Waals surface area contributed by atoms with Crippen molar-refractivity contribution >= 4 is 11.6 Å². The SMILES string of the molecule is Cc1cc(N2CCN([C@@H]3C[C@H]4CC[C@H]3C4)CC2)n2ncnc2n1. The molecule has 0 radical (unpaired) electrons. The molecule has 2 aromatic heterocycles. The van der Waals surface area contributed by atoms with Crippen molar-refractivity contribution in [1.29, 1.82) is 0 Å². The van der Waals surface area contributed by atoms with Gasteiger partial charge in [0.05, 0.1) is 0 Å². The van der Waals surface area contributed by atoms with Crippen LogP contribution in [0.1, 0.15) is 31.4 Å². The van der Waals surface area contributed by atoms with Crippen LogP contribution in [-0.4, -0.2) is 56.7 Å². The zero-order chi connectivity index (χ0) is 15.4. The van der Waals surface area contributed by atoms with Gasteiger partial charge in [0.25, 0.3) is 5.78 Å². The molecule has 6 heteroatoms. The fraction of sp³-hybridized carbons (Fsp3) is 0.706. The van der Waals surface area contributed by atoms with E-state index in [1.54, 1.807) is 6.33 Å². The maximum absolute atomic E-state index is 4.45. The zero-order valence-corrected chi connectivity index (χ0v) is 13.7. The molecule has 2 saturated carbocycles. The van der Waals surface area contributed by atoms with E-state index in [4.69, 9.17) is 0 Å². The summed E-state index contributed by atoms with van der Waals surface area (Å²) in [6.45, 7) is 6.53. The van der Waals surface area contributed by atoms with Crippen molar-refractivity contribution < 1.29 is 0 Å². The zero-order valence-electron chi connectivity index (χ0n) is 13.7. The largest absolute Gasteiger partial charge is 0.354 e. The molecule has 1 aliphatic heterocycles. The Labute approximate surface area is 136 Å². The molecule has 3 heterocycles. The molecule has 0 unspecified atom stereocenters. The van der Waals surface area contributed by atoms with Crippen LogP contribution in [0.3, 0.4) is 0 Å². The van der Waals surface area contributed by atoms with Gasteiger partial charge in [-0.3, -0.25) is 4.90 Å². The third-order valence-corrected chi connectivity index (χ3v) is 6.17. The third-order valence-electron chi connectivity index (χ3n) is 6.17. The number of hydrogen-bond donors (Lipinski definition) is 0. The predicted molar refractivity (Wildman–Crippen MR) is 88.5 cm³/mol. The molecule has 6 nitrogen and oxygen atoms in total. The second kappa shape index (κ2) is 5.16. The third kappa shape index (κ3) is 2.23. The van der Waals surface area contributed by atoms with Crippen molar-refractivity contribution in [3.63, 3.8) is 0 Å². The van der Waals surface area contributed by atoms with Gasteiger partial charge < -0.3 is 4.90 Å². The molecule has 2 bridgehead atoms. The maximum Gasteiger partial charge on any atom is 0.254 e. The Balaban J connectivity index is 1.33. The molecule has 3 atom stereocenters. The number of aromatic nitrogens is 4. The monoisotopic (exact) mass is 312 g/mol. The molecule has 0 aromatic carbocycles. The highest BCUT2D eigenvalue weighted by Gasteiger charge is 2.42. The molecule has 122 valence electrons. The number of nitrogens with zero attached hydrogens (tertiary/aromatic N) is 6. The van der Waals surface area contributed by atoms with Gasteiger partial charge in [-0.1, -0.05) is 6.42 Å². The molecule has 0 N–H and O–H groups in total. The minimum atomic E-state index is 0.704. The van der Waals surface area contributed by atoms with E-state index in [0.29, 0.717) is 5.78 Å². The van der Waals surface area contributed by atoms with Crippen LogP contribution in [0.4, 0.5) is 5.82 Å². The van der Waals surface area contributed by atoms with E-state index >= 15 is 0 Å². The first-order valence-electron chi connectivity index (χ1n) is 8.94.